The molecule has 1 heterocycles. The summed E-state index contributed by atoms with van der Waals surface area (Å²) in [6, 6.07) is 4.67. The standard InChI is InChI=1S/C11H11FN4O/c1-6-2-3-7(4-9(6)12)15-11-8(10(13)17)5-14-16-11/h2-5H,1H3,(H2,13,17)(H2,14,15,16). The summed E-state index contributed by atoms with van der Waals surface area (Å²) < 4.78 is 13.3. The van der Waals surface area contributed by atoms with Gasteiger partial charge in [0.1, 0.15) is 17.2 Å². The summed E-state index contributed by atoms with van der Waals surface area (Å²) in [4.78, 5) is 11.0. The molecule has 1 amide bonds. The molecule has 2 aromatic rings. The SMILES string of the molecule is Cc1ccc(Nc2[nH]ncc2C(N)=O)cc1F. The van der Waals surface area contributed by atoms with Gasteiger partial charge in [0.15, 0.2) is 0 Å². The maximum Gasteiger partial charge on any atom is 0.254 e. The maximum absolute atomic E-state index is 13.3. The van der Waals surface area contributed by atoms with Crippen molar-refractivity contribution in [1.82, 2.24) is 10.2 Å². The minimum absolute atomic E-state index is 0.228. The number of aromatic amines is 1. The molecule has 0 saturated carbocycles. The van der Waals surface area contributed by atoms with Gasteiger partial charge in [-0.05, 0) is 24.6 Å². The lowest BCUT2D eigenvalue weighted by Gasteiger charge is -2.06. The number of hydrogen-bond donors (Lipinski definition) is 3. The average Bonchev–Trinajstić information content (AvgIpc) is 2.72. The molecule has 0 radical (unpaired) electrons. The topological polar surface area (TPSA) is 83.8 Å². The molecule has 5 nitrogen and oxygen atoms in total. The van der Waals surface area contributed by atoms with Crippen LogP contribution in [-0.2, 0) is 0 Å². The normalized spacial score (nSPS) is 10.2. The van der Waals surface area contributed by atoms with E-state index in [1.165, 1.54) is 12.3 Å². The number of H-pyrrole nitrogens is 1. The molecule has 4 N–H and O–H groups in total. The first kappa shape index (κ1) is 11.1. The minimum Gasteiger partial charge on any atom is -0.365 e. The first-order valence-electron chi connectivity index (χ1n) is 4.94. The van der Waals surface area contributed by atoms with Crippen LogP contribution in [-0.4, -0.2) is 16.1 Å². The van der Waals surface area contributed by atoms with Crippen LogP contribution >= 0.6 is 0 Å². The second-order valence-electron chi connectivity index (χ2n) is 3.61. The van der Waals surface area contributed by atoms with Crippen molar-refractivity contribution < 1.29 is 9.18 Å². The molecule has 0 aliphatic heterocycles. The van der Waals surface area contributed by atoms with Crippen molar-refractivity contribution in [3.8, 4) is 0 Å². The molecule has 6 heteroatoms. The Labute approximate surface area is 96.8 Å². The Hall–Kier alpha value is -2.37. The predicted octanol–water partition coefficient (Wildman–Crippen LogP) is 1.70. The van der Waals surface area contributed by atoms with Crippen LogP contribution in [0.4, 0.5) is 15.9 Å². The quantitative estimate of drug-likeness (QED) is 0.755. The third-order valence-electron chi connectivity index (χ3n) is 2.35. The van der Waals surface area contributed by atoms with E-state index in [4.69, 9.17) is 5.73 Å². The maximum atomic E-state index is 13.3. The summed E-state index contributed by atoms with van der Waals surface area (Å²) in [5.74, 6) is -0.579. The molecule has 0 saturated heterocycles. The number of nitrogens with two attached hydrogens (primary N) is 1. The van der Waals surface area contributed by atoms with Crippen molar-refractivity contribution >= 4 is 17.4 Å². The minimum atomic E-state index is -0.603. The lowest BCUT2D eigenvalue weighted by Crippen LogP contribution is -2.12. The summed E-state index contributed by atoms with van der Waals surface area (Å²) in [7, 11) is 0. The van der Waals surface area contributed by atoms with E-state index in [-0.39, 0.29) is 11.4 Å². The number of nitrogens with one attached hydrogen (secondary N) is 2. The monoisotopic (exact) mass is 234 g/mol. The second kappa shape index (κ2) is 4.25. The second-order valence-corrected chi connectivity index (χ2v) is 3.61. The van der Waals surface area contributed by atoms with Gasteiger partial charge in [0.2, 0.25) is 0 Å². The van der Waals surface area contributed by atoms with Gasteiger partial charge in [-0.3, -0.25) is 9.89 Å². The number of anilines is 2. The summed E-state index contributed by atoms with van der Waals surface area (Å²) in [6.45, 7) is 1.67. The third kappa shape index (κ3) is 2.25. The van der Waals surface area contributed by atoms with Crippen LogP contribution in [0.3, 0.4) is 0 Å². The number of aryl methyl sites for hydroxylation is 1. The zero-order chi connectivity index (χ0) is 12.4. The molecule has 88 valence electrons. The largest absolute Gasteiger partial charge is 0.365 e. The fourth-order valence-corrected chi connectivity index (χ4v) is 1.38. The molecule has 0 fully saturated rings. The lowest BCUT2D eigenvalue weighted by molar-refractivity contribution is 0.100. The number of nitrogens with zero attached hydrogens (tertiary/aromatic N) is 1. The third-order valence-corrected chi connectivity index (χ3v) is 2.35. The van der Waals surface area contributed by atoms with Crippen molar-refractivity contribution in [2.45, 2.75) is 6.92 Å². The zero-order valence-electron chi connectivity index (χ0n) is 9.12. The molecular formula is C11H11FN4O. The number of rotatable bonds is 3. The Bertz CT molecular complexity index is 564. The van der Waals surface area contributed by atoms with Crippen LogP contribution in [0, 0.1) is 12.7 Å². The number of benzene rings is 1. The van der Waals surface area contributed by atoms with Crippen LogP contribution in [0.2, 0.25) is 0 Å². The van der Waals surface area contributed by atoms with Gasteiger partial charge in [0.25, 0.3) is 5.91 Å². The van der Waals surface area contributed by atoms with Gasteiger partial charge in [0, 0.05) is 5.69 Å². The Balaban J connectivity index is 2.28. The molecule has 1 aromatic heterocycles. The van der Waals surface area contributed by atoms with E-state index in [0.717, 1.165) is 0 Å². The van der Waals surface area contributed by atoms with E-state index < -0.39 is 5.91 Å². The Morgan fingerprint density at radius 3 is 2.94 bits per heavy atom. The number of hydrogen-bond acceptors (Lipinski definition) is 3. The molecule has 2 rings (SSSR count). The first-order chi connectivity index (χ1) is 8.08. The molecule has 0 aliphatic carbocycles. The zero-order valence-corrected chi connectivity index (χ0v) is 9.12. The average molecular weight is 234 g/mol. The number of halogens is 1. The van der Waals surface area contributed by atoms with Gasteiger partial charge in [-0.2, -0.15) is 5.10 Å². The highest BCUT2D eigenvalue weighted by molar-refractivity contribution is 5.97. The van der Waals surface area contributed by atoms with Crippen molar-refractivity contribution in [3.63, 3.8) is 0 Å². The van der Waals surface area contributed by atoms with Crippen molar-refractivity contribution in [1.29, 1.82) is 0 Å². The molecule has 0 unspecified atom stereocenters. The van der Waals surface area contributed by atoms with E-state index in [2.05, 4.69) is 15.5 Å². The lowest BCUT2D eigenvalue weighted by atomic mass is 10.2. The Morgan fingerprint density at radius 2 is 2.29 bits per heavy atom. The fourth-order valence-electron chi connectivity index (χ4n) is 1.38. The Morgan fingerprint density at radius 1 is 1.53 bits per heavy atom. The summed E-state index contributed by atoms with van der Waals surface area (Å²) in [5, 5.41) is 9.13. The van der Waals surface area contributed by atoms with E-state index in [1.54, 1.807) is 19.1 Å². The summed E-state index contributed by atoms with van der Waals surface area (Å²) in [5.41, 5.74) is 6.45. The predicted molar refractivity (Wildman–Crippen MR) is 61.5 cm³/mol. The first-order valence-corrected chi connectivity index (χ1v) is 4.94. The number of carbonyl (C=O) groups is 1. The molecule has 17 heavy (non-hydrogen) atoms. The van der Waals surface area contributed by atoms with Crippen LogP contribution in [0.1, 0.15) is 15.9 Å². The van der Waals surface area contributed by atoms with Gasteiger partial charge >= 0.3 is 0 Å². The number of aromatic nitrogens is 2. The summed E-state index contributed by atoms with van der Waals surface area (Å²) >= 11 is 0. The van der Waals surface area contributed by atoms with E-state index in [9.17, 15) is 9.18 Å². The highest BCUT2D eigenvalue weighted by Gasteiger charge is 2.10. The highest BCUT2D eigenvalue weighted by atomic mass is 19.1. The highest BCUT2D eigenvalue weighted by Crippen LogP contribution is 2.19. The number of primary amides is 1. The molecule has 0 aliphatic rings. The van der Waals surface area contributed by atoms with Crippen LogP contribution in [0.5, 0.6) is 0 Å². The van der Waals surface area contributed by atoms with Crippen LogP contribution in [0.25, 0.3) is 0 Å². The van der Waals surface area contributed by atoms with Crippen LogP contribution < -0.4 is 11.1 Å². The molecule has 0 spiro atoms. The van der Waals surface area contributed by atoms with Crippen molar-refractivity contribution in [3.05, 3.63) is 41.3 Å². The number of amides is 1. The fraction of sp³-hybridized carbons (Fsp3) is 0.0909. The smallest absolute Gasteiger partial charge is 0.254 e. The molecular weight excluding hydrogens is 223 g/mol. The molecule has 1 aromatic carbocycles. The van der Waals surface area contributed by atoms with Gasteiger partial charge in [-0.1, -0.05) is 6.07 Å². The van der Waals surface area contributed by atoms with E-state index in [0.29, 0.717) is 17.1 Å². The van der Waals surface area contributed by atoms with Crippen LogP contribution in [0.15, 0.2) is 24.4 Å². The van der Waals surface area contributed by atoms with Crippen molar-refractivity contribution in [2.24, 2.45) is 5.73 Å². The van der Waals surface area contributed by atoms with E-state index >= 15 is 0 Å². The van der Waals surface area contributed by atoms with Gasteiger partial charge in [-0.15, -0.1) is 0 Å². The summed E-state index contributed by atoms with van der Waals surface area (Å²) in [6.07, 6.45) is 1.31. The Kier molecular flexibility index (Phi) is 2.78. The molecule has 0 bridgehead atoms. The molecule has 0 atom stereocenters. The van der Waals surface area contributed by atoms with Gasteiger partial charge < -0.3 is 11.1 Å². The van der Waals surface area contributed by atoms with Gasteiger partial charge in [-0.25, -0.2) is 4.39 Å². The van der Waals surface area contributed by atoms with Crippen molar-refractivity contribution in [2.75, 3.05) is 5.32 Å². The van der Waals surface area contributed by atoms with E-state index in [1.807, 2.05) is 0 Å². The number of carbonyl (C=O) groups excluding carboxylic acids is 1. The van der Waals surface area contributed by atoms with Gasteiger partial charge in [0.05, 0.1) is 6.20 Å².